The summed E-state index contributed by atoms with van der Waals surface area (Å²) in [6.07, 6.45) is 0.412. The largest absolute Gasteiger partial charge is 0.316 e. The number of hydrogen-bond acceptors (Lipinski definition) is 2. The number of Topliss-reactive ketones (excluding diaryl/α,β-unsaturated/α-hetero) is 1. The molecule has 1 N–H and O–H groups in total. The molecule has 0 aromatic rings. The summed E-state index contributed by atoms with van der Waals surface area (Å²) in [6.45, 7) is 10.2. The lowest BCUT2D eigenvalue weighted by molar-refractivity contribution is -0.123. The molecule has 1 aliphatic heterocycles. The van der Waals surface area contributed by atoms with Crippen molar-refractivity contribution >= 4 is 5.78 Å². The SMILES string of the molecule is CC(C(=O)CC#CC(C)(C)C)C1CNC1. The van der Waals surface area contributed by atoms with Gasteiger partial charge in [-0.3, -0.25) is 4.79 Å². The smallest absolute Gasteiger partial charge is 0.147 e. The first kappa shape index (κ1) is 12.3. The molecular weight excluding hydrogens is 186 g/mol. The minimum Gasteiger partial charge on any atom is -0.316 e. The lowest BCUT2D eigenvalue weighted by Crippen LogP contribution is -2.47. The molecule has 0 saturated carbocycles. The van der Waals surface area contributed by atoms with Crippen LogP contribution in [0.3, 0.4) is 0 Å². The van der Waals surface area contributed by atoms with E-state index in [9.17, 15) is 4.79 Å². The maximum Gasteiger partial charge on any atom is 0.147 e. The molecule has 2 heteroatoms. The standard InChI is InChI=1S/C13H21NO/c1-10(11-8-14-9-11)12(15)6-5-7-13(2,3)4/h10-11,14H,6,8-9H2,1-4H3. The van der Waals surface area contributed by atoms with Crippen LogP contribution in [-0.4, -0.2) is 18.9 Å². The molecule has 1 unspecified atom stereocenters. The van der Waals surface area contributed by atoms with Crippen molar-refractivity contribution in [3.8, 4) is 11.8 Å². The van der Waals surface area contributed by atoms with Crippen LogP contribution in [-0.2, 0) is 4.79 Å². The van der Waals surface area contributed by atoms with Crippen molar-refractivity contribution in [3.05, 3.63) is 0 Å². The first-order valence-corrected chi connectivity index (χ1v) is 5.63. The Morgan fingerprint density at radius 2 is 2.07 bits per heavy atom. The van der Waals surface area contributed by atoms with E-state index in [0.717, 1.165) is 13.1 Å². The second-order valence-corrected chi connectivity index (χ2v) is 5.40. The van der Waals surface area contributed by atoms with Gasteiger partial charge >= 0.3 is 0 Å². The van der Waals surface area contributed by atoms with Crippen molar-refractivity contribution in [2.45, 2.75) is 34.1 Å². The van der Waals surface area contributed by atoms with E-state index in [1.165, 1.54) is 0 Å². The van der Waals surface area contributed by atoms with Gasteiger partial charge in [0.15, 0.2) is 0 Å². The van der Waals surface area contributed by atoms with E-state index in [0.29, 0.717) is 18.1 Å². The average Bonchev–Trinajstić information content (AvgIpc) is 1.98. The number of carbonyl (C=O) groups excluding carboxylic acids is 1. The summed E-state index contributed by atoms with van der Waals surface area (Å²) in [5, 5.41) is 3.19. The quantitative estimate of drug-likeness (QED) is 0.716. The highest BCUT2D eigenvalue weighted by atomic mass is 16.1. The molecule has 0 aromatic heterocycles. The topological polar surface area (TPSA) is 29.1 Å². The Kier molecular flexibility index (Phi) is 3.93. The maximum atomic E-state index is 11.7. The van der Waals surface area contributed by atoms with E-state index in [-0.39, 0.29) is 11.3 Å². The Labute approximate surface area is 92.8 Å². The summed E-state index contributed by atoms with van der Waals surface area (Å²) in [5.74, 6) is 7.08. The van der Waals surface area contributed by atoms with Crippen LogP contribution in [0.5, 0.6) is 0 Å². The lowest BCUT2D eigenvalue weighted by Gasteiger charge is -2.31. The van der Waals surface area contributed by atoms with E-state index in [4.69, 9.17) is 0 Å². The van der Waals surface area contributed by atoms with Crippen LogP contribution in [0.2, 0.25) is 0 Å². The fourth-order valence-corrected chi connectivity index (χ4v) is 1.48. The van der Waals surface area contributed by atoms with Crippen LogP contribution in [0.25, 0.3) is 0 Å². The molecule has 1 heterocycles. The molecule has 0 radical (unpaired) electrons. The zero-order valence-corrected chi connectivity index (χ0v) is 10.2. The maximum absolute atomic E-state index is 11.7. The van der Waals surface area contributed by atoms with Gasteiger partial charge in [0, 0.05) is 11.3 Å². The number of nitrogens with one attached hydrogen (secondary N) is 1. The predicted molar refractivity (Wildman–Crippen MR) is 62.4 cm³/mol. The second kappa shape index (κ2) is 4.81. The van der Waals surface area contributed by atoms with E-state index in [1.807, 2.05) is 6.92 Å². The second-order valence-electron chi connectivity index (χ2n) is 5.40. The Morgan fingerprint density at radius 1 is 1.47 bits per heavy atom. The Bertz CT molecular complexity index is 286. The van der Waals surface area contributed by atoms with Gasteiger partial charge in [-0.25, -0.2) is 0 Å². The third-order valence-electron chi connectivity index (χ3n) is 2.75. The van der Waals surface area contributed by atoms with Crippen LogP contribution < -0.4 is 5.32 Å². The van der Waals surface area contributed by atoms with Gasteiger partial charge in [-0.2, -0.15) is 0 Å². The van der Waals surface area contributed by atoms with Crippen molar-refractivity contribution in [1.82, 2.24) is 5.32 Å². The van der Waals surface area contributed by atoms with Gasteiger partial charge in [-0.05, 0) is 39.8 Å². The molecule has 15 heavy (non-hydrogen) atoms. The Balaban J connectivity index is 2.37. The first-order valence-electron chi connectivity index (χ1n) is 5.63. The molecule has 1 rings (SSSR count). The molecule has 2 nitrogen and oxygen atoms in total. The minimum atomic E-state index is 0.00153. The molecular formula is C13H21NO. The van der Waals surface area contributed by atoms with Gasteiger partial charge in [0.25, 0.3) is 0 Å². The fraction of sp³-hybridized carbons (Fsp3) is 0.769. The summed E-state index contributed by atoms with van der Waals surface area (Å²) < 4.78 is 0. The monoisotopic (exact) mass is 207 g/mol. The molecule has 0 aromatic carbocycles. The van der Waals surface area contributed by atoms with Crippen molar-refractivity contribution in [3.63, 3.8) is 0 Å². The van der Waals surface area contributed by atoms with Gasteiger partial charge in [0.2, 0.25) is 0 Å². The molecule has 1 atom stereocenters. The van der Waals surface area contributed by atoms with Crippen LogP contribution in [0.1, 0.15) is 34.1 Å². The predicted octanol–water partition coefficient (Wildman–Crippen LogP) is 1.85. The third-order valence-corrected chi connectivity index (χ3v) is 2.75. The van der Waals surface area contributed by atoms with Crippen molar-refractivity contribution in [1.29, 1.82) is 0 Å². The molecule has 1 saturated heterocycles. The highest BCUT2D eigenvalue weighted by Gasteiger charge is 2.27. The number of hydrogen-bond donors (Lipinski definition) is 1. The highest BCUT2D eigenvalue weighted by Crippen LogP contribution is 2.18. The zero-order chi connectivity index (χ0) is 11.5. The van der Waals surface area contributed by atoms with Crippen molar-refractivity contribution in [2.24, 2.45) is 17.3 Å². The molecule has 1 aliphatic rings. The van der Waals surface area contributed by atoms with Crippen LogP contribution >= 0.6 is 0 Å². The van der Waals surface area contributed by atoms with Crippen LogP contribution in [0, 0.1) is 29.1 Å². The van der Waals surface area contributed by atoms with E-state index < -0.39 is 0 Å². The number of rotatable bonds is 3. The Hall–Kier alpha value is -0.810. The summed E-state index contributed by atoms with van der Waals surface area (Å²) in [4.78, 5) is 11.7. The van der Waals surface area contributed by atoms with Gasteiger partial charge in [0.1, 0.15) is 5.78 Å². The van der Waals surface area contributed by atoms with E-state index in [2.05, 4.69) is 37.9 Å². The number of ketones is 1. The Morgan fingerprint density at radius 3 is 2.47 bits per heavy atom. The van der Waals surface area contributed by atoms with Gasteiger partial charge < -0.3 is 5.32 Å². The van der Waals surface area contributed by atoms with Gasteiger partial charge in [0.05, 0.1) is 6.42 Å². The van der Waals surface area contributed by atoms with Crippen molar-refractivity contribution in [2.75, 3.05) is 13.1 Å². The summed E-state index contributed by atoms with van der Waals surface area (Å²) in [6, 6.07) is 0. The third kappa shape index (κ3) is 4.05. The first-order chi connectivity index (χ1) is 6.90. The van der Waals surface area contributed by atoms with Crippen LogP contribution in [0.4, 0.5) is 0 Å². The van der Waals surface area contributed by atoms with Gasteiger partial charge in [-0.15, -0.1) is 0 Å². The van der Waals surface area contributed by atoms with Crippen LogP contribution in [0.15, 0.2) is 0 Å². The minimum absolute atomic E-state index is 0.00153. The lowest BCUT2D eigenvalue weighted by atomic mass is 9.85. The summed E-state index contributed by atoms with van der Waals surface area (Å²) in [7, 11) is 0. The number of carbonyl (C=O) groups is 1. The summed E-state index contributed by atoms with van der Waals surface area (Å²) in [5.41, 5.74) is 0.00153. The molecule has 0 aliphatic carbocycles. The fourth-order valence-electron chi connectivity index (χ4n) is 1.48. The summed E-state index contributed by atoms with van der Waals surface area (Å²) >= 11 is 0. The average molecular weight is 207 g/mol. The van der Waals surface area contributed by atoms with E-state index >= 15 is 0 Å². The van der Waals surface area contributed by atoms with E-state index in [1.54, 1.807) is 0 Å². The molecule has 0 spiro atoms. The van der Waals surface area contributed by atoms with Gasteiger partial charge in [-0.1, -0.05) is 18.8 Å². The molecule has 1 fully saturated rings. The molecule has 0 amide bonds. The highest BCUT2D eigenvalue weighted by molar-refractivity contribution is 5.83. The zero-order valence-electron chi connectivity index (χ0n) is 10.2. The van der Waals surface area contributed by atoms with Crippen molar-refractivity contribution < 1.29 is 4.79 Å². The molecule has 0 bridgehead atoms. The molecule has 84 valence electrons. The normalized spacial score (nSPS) is 18.7.